The number of carbonyl (C=O) groups is 4. The molecule has 1 fully saturated rings. The van der Waals surface area contributed by atoms with Gasteiger partial charge in [0.05, 0.1) is 6.54 Å². The van der Waals surface area contributed by atoms with E-state index in [-0.39, 0.29) is 37.1 Å². The Hall–Kier alpha value is -2.97. The predicted octanol–water partition coefficient (Wildman–Crippen LogP) is 0.354. The number of carbonyl (C=O) groups excluding carboxylic acids is 3. The standard InChI is InChI=1S/C15H14FN3O5/c16-10-4-7(5-17-15(23)24)3-8-9(10)6-19(14(8)22)11-1-2-12(20)18-13(11)21/h3-4,11,17H,1-2,5-6H2,(H,23,24)(H,18,20,21). The van der Waals surface area contributed by atoms with E-state index in [1.807, 2.05) is 0 Å². The van der Waals surface area contributed by atoms with E-state index in [0.717, 1.165) is 6.07 Å². The zero-order valence-corrected chi connectivity index (χ0v) is 12.5. The van der Waals surface area contributed by atoms with Crippen LogP contribution in [0.15, 0.2) is 12.1 Å². The van der Waals surface area contributed by atoms with Crippen LogP contribution in [0.25, 0.3) is 0 Å². The molecule has 0 aromatic heterocycles. The molecule has 1 unspecified atom stereocenters. The number of rotatable bonds is 3. The second-order valence-corrected chi connectivity index (χ2v) is 5.66. The van der Waals surface area contributed by atoms with Crippen LogP contribution in [-0.4, -0.2) is 39.9 Å². The van der Waals surface area contributed by atoms with Crippen LogP contribution in [0.5, 0.6) is 0 Å². The zero-order chi connectivity index (χ0) is 17.4. The quantitative estimate of drug-likeness (QED) is 0.690. The molecule has 2 aliphatic rings. The maximum atomic E-state index is 14.2. The molecule has 3 rings (SSSR count). The van der Waals surface area contributed by atoms with Crippen molar-refractivity contribution < 1.29 is 28.7 Å². The second kappa shape index (κ2) is 5.91. The number of nitrogens with zero attached hydrogens (tertiary/aromatic N) is 1. The van der Waals surface area contributed by atoms with Gasteiger partial charge in [-0.2, -0.15) is 0 Å². The predicted molar refractivity (Wildman–Crippen MR) is 77.3 cm³/mol. The topological polar surface area (TPSA) is 116 Å². The molecule has 1 atom stereocenters. The van der Waals surface area contributed by atoms with E-state index in [0.29, 0.717) is 5.56 Å². The molecule has 8 nitrogen and oxygen atoms in total. The Bertz CT molecular complexity index is 764. The van der Waals surface area contributed by atoms with Crippen LogP contribution < -0.4 is 10.6 Å². The lowest BCUT2D eigenvalue weighted by Crippen LogP contribution is -2.52. The number of carboxylic acid groups (broad SMARTS) is 1. The van der Waals surface area contributed by atoms with Gasteiger partial charge in [0.15, 0.2) is 0 Å². The van der Waals surface area contributed by atoms with Crippen LogP contribution in [0.2, 0.25) is 0 Å². The van der Waals surface area contributed by atoms with Crippen molar-refractivity contribution in [1.82, 2.24) is 15.5 Å². The molecule has 126 valence electrons. The lowest BCUT2D eigenvalue weighted by Gasteiger charge is -2.29. The molecule has 1 aromatic carbocycles. The highest BCUT2D eigenvalue weighted by molar-refractivity contribution is 6.05. The van der Waals surface area contributed by atoms with E-state index in [9.17, 15) is 23.6 Å². The number of imide groups is 1. The summed E-state index contributed by atoms with van der Waals surface area (Å²) in [6, 6.07) is 1.76. The average molecular weight is 335 g/mol. The van der Waals surface area contributed by atoms with Crippen LogP contribution >= 0.6 is 0 Å². The van der Waals surface area contributed by atoms with Gasteiger partial charge in [0, 0.05) is 24.1 Å². The summed E-state index contributed by atoms with van der Waals surface area (Å²) in [6.45, 7) is -0.190. The van der Waals surface area contributed by atoms with Crippen LogP contribution in [0, 0.1) is 5.82 Å². The molecule has 24 heavy (non-hydrogen) atoms. The van der Waals surface area contributed by atoms with E-state index in [1.165, 1.54) is 11.0 Å². The number of hydrogen-bond donors (Lipinski definition) is 3. The zero-order valence-electron chi connectivity index (χ0n) is 12.5. The SMILES string of the molecule is O=C(O)NCc1cc(F)c2c(c1)C(=O)N(C1CCC(=O)NC1=O)C2. The molecule has 0 saturated carbocycles. The van der Waals surface area contributed by atoms with Crippen molar-refractivity contribution in [3.8, 4) is 0 Å². The minimum absolute atomic E-state index is 0.0566. The number of hydrogen-bond acceptors (Lipinski definition) is 4. The van der Waals surface area contributed by atoms with E-state index < -0.39 is 35.7 Å². The van der Waals surface area contributed by atoms with Gasteiger partial charge in [-0.1, -0.05) is 0 Å². The largest absolute Gasteiger partial charge is 0.465 e. The molecule has 2 aliphatic heterocycles. The first-order valence-electron chi connectivity index (χ1n) is 7.29. The number of benzene rings is 1. The van der Waals surface area contributed by atoms with Crippen LogP contribution in [0.3, 0.4) is 0 Å². The van der Waals surface area contributed by atoms with Crippen molar-refractivity contribution in [2.24, 2.45) is 0 Å². The Balaban J connectivity index is 1.84. The second-order valence-electron chi connectivity index (χ2n) is 5.66. The molecular weight excluding hydrogens is 321 g/mol. The summed E-state index contributed by atoms with van der Waals surface area (Å²) in [4.78, 5) is 47.4. The highest BCUT2D eigenvalue weighted by atomic mass is 19.1. The van der Waals surface area contributed by atoms with Gasteiger partial charge < -0.3 is 15.3 Å². The molecule has 4 amide bonds. The summed E-state index contributed by atoms with van der Waals surface area (Å²) in [7, 11) is 0. The number of fused-ring (bicyclic) bond motifs is 1. The minimum Gasteiger partial charge on any atom is -0.465 e. The monoisotopic (exact) mass is 335 g/mol. The highest BCUT2D eigenvalue weighted by Gasteiger charge is 2.40. The maximum absolute atomic E-state index is 14.2. The first kappa shape index (κ1) is 15.9. The summed E-state index contributed by atoms with van der Waals surface area (Å²) < 4.78 is 14.2. The van der Waals surface area contributed by atoms with Gasteiger partial charge in [0.25, 0.3) is 5.91 Å². The van der Waals surface area contributed by atoms with Crippen molar-refractivity contribution in [2.75, 3.05) is 0 Å². The maximum Gasteiger partial charge on any atom is 0.404 e. The summed E-state index contributed by atoms with van der Waals surface area (Å²) in [5, 5.41) is 12.9. The molecule has 0 aliphatic carbocycles. The molecule has 0 spiro atoms. The van der Waals surface area contributed by atoms with Gasteiger partial charge in [-0.05, 0) is 24.1 Å². The smallest absolute Gasteiger partial charge is 0.404 e. The number of piperidine rings is 1. The Morgan fingerprint density at radius 3 is 2.79 bits per heavy atom. The third kappa shape index (κ3) is 2.80. The Kier molecular flexibility index (Phi) is 3.92. The number of halogens is 1. The first-order valence-corrected chi connectivity index (χ1v) is 7.29. The molecule has 9 heteroatoms. The molecule has 1 aromatic rings. The normalized spacial score (nSPS) is 20.0. The van der Waals surface area contributed by atoms with Gasteiger partial charge in [-0.15, -0.1) is 0 Å². The van der Waals surface area contributed by atoms with Gasteiger partial charge >= 0.3 is 6.09 Å². The molecule has 0 radical (unpaired) electrons. The van der Waals surface area contributed by atoms with E-state index in [4.69, 9.17) is 5.11 Å². The van der Waals surface area contributed by atoms with Crippen molar-refractivity contribution in [2.45, 2.75) is 32.0 Å². The Labute approximate surface area is 135 Å². The van der Waals surface area contributed by atoms with Gasteiger partial charge in [0.2, 0.25) is 11.8 Å². The highest BCUT2D eigenvalue weighted by Crippen LogP contribution is 2.30. The lowest BCUT2D eigenvalue weighted by atomic mass is 10.0. The molecule has 0 bridgehead atoms. The van der Waals surface area contributed by atoms with E-state index in [1.54, 1.807) is 0 Å². The van der Waals surface area contributed by atoms with Gasteiger partial charge in [-0.3, -0.25) is 19.7 Å². The third-order valence-electron chi connectivity index (χ3n) is 4.11. The molecular formula is C15H14FN3O5. The van der Waals surface area contributed by atoms with Crippen molar-refractivity contribution >= 4 is 23.8 Å². The lowest BCUT2D eigenvalue weighted by molar-refractivity contribution is -0.136. The van der Waals surface area contributed by atoms with Gasteiger partial charge in [0.1, 0.15) is 11.9 Å². The fourth-order valence-corrected chi connectivity index (χ4v) is 2.95. The molecule has 1 saturated heterocycles. The summed E-state index contributed by atoms with van der Waals surface area (Å²) in [6.07, 6.45) is -0.945. The van der Waals surface area contributed by atoms with Crippen molar-refractivity contribution in [3.05, 3.63) is 34.6 Å². The Morgan fingerprint density at radius 1 is 1.38 bits per heavy atom. The Morgan fingerprint density at radius 2 is 2.12 bits per heavy atom. The van der Waals surface area contributed by atoms with E-state index in [2.05, 4.69) is 10.6 Å². The minimum atomic E-state index is -1.26. The van der Waals surface area contributed by atoms with E-state index >= 15 is 0 Å². The fourth-order valence-electron chi connectivity index (χ4n) is 2.95. The average Bonchev–Trinajstić information content (AvgIpc) is 2.83. The summed E-state index contributed by atoms with van der Waals surface area (Å²) >= 11 is 0. The summed E-state index contributed by atoms with van der Waals surface area (Å²) in [5.74, 6) is -2.09. The van der Waals surface area contributed by atoms with Crippen molar-refractivity contribution in [1.29, 1.82) is 0 Å². The van der Waals surface area contributed by atoms with Gasteiger partial charge in [-0.25, -0.2) is 9.18 Å². The third-order valence-corrected chi connectivity index (χ3v) is 4.11. The first-order chi connectivity index (χ1) is 11.4. The van der Waals surface area contributed by atoms with Crippen LogP contribution in [0.4, 0.5) is 9.18 Å². The van der Waals surface area contributed by atoms with Crippen molar-refractivity contribution in [3.63, 3.8) is 0 Å². The summed E-state index contributed by atoms with van der Waals surface area (Å²) in [5.41, 5.74) is 0.595. The number of nitrogens with one attached hydrogen (secondary N) is 2. The molecule has 3 N–H and O–H groups in total. The van der Waals surface area contributed by atoms with Crippen LogP contribution in [-0.2, 0) is 22.7 Å². The van der Waals surface area contributed by atoms with Crippen LogP contribution in [0.1, 0.15) is 34.3 Å². The fraction of sp³-hybridized carbons (Fsp3) is 0.333. The molecule has 2 heterocycles. The number of amides is 4.